The van der Waals surface area contributed by atoms with E-state index in [-0.39, 0.29) is 99.1 Å². The predicted octanol–water partition coefficient (Wildman–Crippen LogP) is 4.75. The number of fused-ring (bicyclic) bond motifs is 3. The SMILES string of the molecule is CC(=O)NCCn1cnc(=O)c2c(Nc3ccc(I)cc3F)cc(=O)n(C)c21.Cn1c(=O)cc(Nc2ccc(I)cc2F)c2c(=O)ncn(CCC(N)=O)c21.Cn1c(=O)cc(Nc2ccc(I)cc2F)c2c(=O)ncn(CCO)c21. The Morgan fingerprint density at radius 1 is 0.525 bits per heavy atom. The number of hydrogen-bond donors (Lipinski definition) is 6. The first-order valence-electron chi connectivity index (χ1n) is 23.5. The second kappa shape index (κ2) is 26.0. The molecule has 0 aliphatic carbocycles. The van der Waals surface area contributed by atoms with Gasteiger partial charge >= 0.3 is 0 Å². The number of pyridine rings is 3. The van der Waals surface area contributed by atoms with Crippen molar-refractivity contribution in [2.24, 2.45) is 26.9 Å². The highest BCUT2D eigenvalue weighted by molar-refractivity contribution is 14.1. The van der Waals surface area contributed by atoms with Gasteiger partial charge in [-0.3, -0.25) is 52.1 Å². The Labute approximate surface area is 489 Å². The Hall–Kier alpha value is -7.79. The summed E-state index contributed by atoms with van der Waals surface area (Å²) in [5, 5.41) is 20.7. The molecule has 0 unspecified atom stereocenters. The number of hydrogen-bond acceptors (Lipinski definition) is 15. The van der Waals surface area contributed by atoms with E-state index in [2.05, 4.69) is 36.2 Å². The molecule has 0 atom stereocenters. The van der Waals surface area contributed by atoms with Gasteiger partial charge in [-0.15, -0.1) is 0 Å². The van der Waals surface area contributed by atoms with Gasteiger partial charge < -0.3 is 45.8 Å². The fourth-order valence-electron chi connectivity index (χ4n) is 8.11. The van der Waals surface area contributed by atoms with E-state index >= 15 is 0 Å². The number of rotatable bonds is 14. The minimum absolute atomic E-state index is 0.0112. The Kier molecular flexibility index (Phi) is 19.4. The molecule has 9 aromatic rings. The Morgan fingerprint density at radius 3 is 1.15 bits per heavy atom. The zero-order valence-corrected chi connectivity index (χ0v) is 49.0. The summed E-state index contributed by atoms with van der Waals surface area (Å²) in [6.07, 6.45) is 3.86. The number of amides is 2. The molecular weight excluding hydrogens is 1390 g/mol. The largest absolute Gasteiger partial charge is 0.395 e. The molecular formula is C51H46F3I3N14O9. The number of aliphatic hydroxyl groups is 1. The molecule has 3 aromatic carbocycles. The second-order valence-electron chi connectivity index (χ2n) is 17.4. The highest BCUT2D eigenvalue weighted by atomic mass is 127. The summed E-state index contributed by atoms with van der Waals surface area (Å²) in [7, 11) is 4.56. The van der Waals surface area contributed by atoms with Crippen LogP contribution in [0, 0.1) is 28.2 Å². The summed E-state index contributed by atoms with van der Waals surface area (Å²) in [5.74, 6) is -2.24. The van der Waals surface area contributed by atoms with Gasteiger partial charge in [0.1, 0.15) is 69.5 Å². The van der Waals surface area contributed by atoms with Crippen molar-refractivity contribution >= 4 is 147 Å². The van der Waals surface area contributed by atoms with Gasteiger partial charge in [-0.25, -0.2) is 13.2 Å². The first kappa shape index (κ1) is 59.9. The molecule has 29 heteroatoms. The van der Waals surface area contributed by atoms with Gasteiger partial charge in [0.2, 0.25) is 11.8 Å². The maximum Gasteiger partial charge on any atom is 0.284 e. The van der Waals surface area contributed by atoms with Crippen LogP contribution < -0.4 is 60.4 Å². The van der Waals surface area contributed by atoms with Gasteiger partial charge in [0.15, 0.2) is 0 Å². The molecule has 0 aliphatic rings. The minimum Gasteiger partial charge on any atom is -0.395 e. The number of halogens is 6. The lowest BCUT2D eigenvalue weighted by Gasteiger charge is -2.16. The summed E-state index contributed by atoms with van der Waals surface area (Å²) in [4.78, 5) is 108. The van der Waals surface area contributed by atoms with E-state index in [0.29, 0.717) is 28.0 Å². The number of carbonyl (C=O) groups excluding carboxylic acids is 2. The first-order valence-corrected chi connectivity index (χ1v) is 26.8. The van der Waals surface area contributed by atoms with Crippen LogP contribution in [0.4, 0.5) is 47.3 Å². The van der Waals surface area contributed by atoms with Crippen LogP contribution in [0.25, 0.3) is 33.1 Å². The van der Waals surface area contributed by atoms with E-state index in [0.717, 1.165) is 7.14 Å². The van der Waals surface area contributed by atoms with Crippen molar-refractivity contribution in [1.82, 2.24) is 47.7 Å². The summed E-state index contributed by atoms with van der Waals surface area (Å²) in [6.45, 7) is 2.13. The number of aromatic nitrogens is 9. The van der Waals surface area contributed by atoms with Crippen molar-refractivity contribution in [1.29, 1.82) is 0 Å². The van der Waals surface area contributed by atoms with Gasteiger partial charge in [-0.05, 0) is 122 Å². The monoisotopic (exact) mass is 1440 g/mol. The van der Waals surface area contributed by atoms with E-state index in [4.69, 9.17) is 5.73 Å². The van der Waals surface area contributed by atoms with Crippen LogP contribution in [-0.2, 0) is 50.4 Å². The number of aliphatic hydroxyl groups excluding tert-OH is 1. The highest BCUT2D eigenvalue weighted by Crippen LogP contribution is 2.28. The molecule has 416 valence electrons. The molecule has 23 nitrogen and oxygen atoms in total. The van der Waals surface area contributed by atoms with Crippen molar-refractivity contribution in [3.8, 4) is 0 Å². The van der Waals surface area contributed by atoms with Gasteiger partial charge in [-0.2, -0.15) is 15.0 Å². The van der Waals surface area contributed by atoms with Crippen LogP contribution in [0.1, 0.15) is 13.3 Å². The number of carbonyl (C=O) groups is 2. The fraction of sp³-hybridized carbons (Fsp3) is 0.196. The zero-order valence-electron chi connectivity index (χ0n) is 42.5. The number of primary amides is 1. The molecule has 0 spiro atoms. The molecule has 6 heterocycles. The Morgan fingerprint density at radius 2 is 0.850 bits per heavy atom. The van der Waals surface area contributed by atoms with E-state index in [1.54, 1.807) is 22.8 Å². The van der Waals surface area contributed by atoms with Gasteiger partial charge in [0.25, 0.3) is 33.4 Å². The van der Waals surface area contributed by atoms with Crippen LogP contribution in [-0.4, -0.2) is 72.4 Å². The van der Waals surface area contributed by atoms with Crippen LogP contribution in [0.2, 0.25) is 0 Å². The third-order valence-electron chi connectivity index (χ3n) is 11.9. The normalized spacial score (nSPS) is 10.9. The highest BCUT2D eigenvalue weighted by Gasteiger charge is 2.19. The topological polar surface area (TPSA) is 299 Å². The Bertz CT molecular complexity index is 4300. The predicted molar refractivity (Wildman–Crippen MR) is 321 cm³/mol. The van der Waals surface area contributed by atoms with E-state index in [9.17, 15) is 56.6 Å². The van der Waals surface area contributed by atoms with Crippen molar-refractivity contribution in [2.45, 2.75) is 33.0 Å². The van der Waals surface area contributed by atoms with Crippen molar-refractivity contribution in [3.63, 3.8) is 0 Å². The lowest BCUT2D eigenvalue weighted by atomic mass is 10.2. The third-order valence-corrected chi connectivity index (χ3v) is 13.9. The van der Waals surface area contributed by atoms with E-state index in [1.165, 1.54) is 124 Å². The molecule has 0 aliphatic heterocycles. The number of anilines is 6. The standard InChI is InChI=1S/C18H17FIN5O3.C17H15FIN5O3.C16H14FIN4O3/c1-10(26)21-5-6-25-9-22-17(28)16-14(8-15(27)24(2)18(16)25)23-13-4-3-11(20)7-12(13)19;1-23-14(26)7-12(22-11-3-2-9(19)6-10(11)18)15-16(27)21-8-24(17(15)23)5-4-13(20)25;1-21-13(24)7-12(20-11-3-2-9(18)6-10(11)17)14-15(25)19-8-22(4-5-23)16(14)21/h3-4,7-9,23H,5-6H2,1-2H3,(H,21,26);2-3,6-8,22H,4-5H2,1H3,(H2,20,25);2-3,6-8,20,23H,4-5H2,1H3. The average molecular weight is 1440 g/mol. The second-order valence-corrected chi connectivity index (χ2v) is 21.1. The molecule has 7 N–H and O–H groups in total. The van der Waals surface area contributed by atoms with Crippen LogP contribution >= 0.6 is 67.8 Å². The summed E-state index contributed by atoms with van der Waals surface area (Å²) in [5.41, 5.74) is 4.13. The van der Waals surface area contributed by atoms with Gasteiger partial charge in [-0.1, -0.05) is 0 Å². The molecule has 9 rings (SSSR count). The van der Waals surface area contributed by atoms with E-state index < -0.39 is 45.6 Å². The van der Waals surface area contributed by atoms with Crippen LogP contribution in [0.3, 0.4) is 0 Å². The van der Waals surface area contributed by atoms with Crippen molar-refractivity contribution < 1.29 is 27.9 Å². The molecule has 0 saturated heterocycles. The Balaban J connectivity index is 0.000000174. The maximum atomic E-state index is 14.2. The van der Waals surface area contributed by atoms with Crippen LogP contribution in [0.5, 0.6) is 0 Å². The number of nitrogens with one attached hydrogen (secondary N) is 4. The summed E-state index contributed by atoms with van der Waals surface area (Å²) < 4.78 is 53.2. The molecule has 0 bridgehead atoms. The number of nitrogens with zero attached hydrogens (tertiary/aromatic N) is 9. The third kappa shape index (κ3) is 13.8. The van der Waals surface area contributed by atoms with Crippen molar-refractivity contribution in [2.75, 3.05) is 29.1 Å². The molecule has 2 amide bonds. The lowest BCUT2D eigenvalue weighted by molar-refractivity contribution is -0.119. The van der Waals surface area contributed by atoms with Crippen LogP contribution in [0.15, 0.2) is 121 Å². The van der Waals surface area contributed by atoms with Crippen molar-refractivity contribution in [3.05, 3.63) is 182 Å². The quantitative estimate of drug-likeness (QED) is 0.0801. The lowest BCUT2D eigenvalue weighted by Crippen LogP contribution is -2.29. The zero-order chi connectivity index (χ0) is 58.3. The smallest absolute Gasteiger partial charge is 0.284 e. The summed E-state index contributed by atoms with van der Waals surface area (Å²) >= 11 is 5.96. The first-order chi connectivity index (χ1) is 38.0. The van der Waals surface area contributed by atoms with Gasteiger partial charge in [0.05, 0.1) is 40.7 Å². The minimum atomic E-state index is -0.579. The number of nitrogens with two attached hydrogens (primary N) is 1. The fourth-order valence-corrected chi connectivity index (χ4v) is 9.47. The average Bonchev–Trinajstić information content (AvgIpc) is 3.43. The summed E-state index contributed by atoms with van der Waals surface area (Å²) in [6, 6.07) is 17.4. The molecule has 0 radical (unpaired) electrons. The molecule has 80 heavy (non-hydrogen) atoms. The number of benzene rings is 3. The number of aryl methyl sites for hydroxylation is 4. The molecule has 0 saturated carbocycles. The van der Waals surface area contributed by atoms with Gasteiger partial charge in [0, 0.05) is 89.6 Å². The van der Waals surface area contributed by atoms with E-state index in [1.807, 2.05) is 67.8 Å². The molecule has 6 aromatic heterocycles. The maximum absolute atomic E-state index is 14.2. The molecule has 0 fully saturated rings.